The molecular formula is C9H11NO. The van der Waals surface area contributed by atoms with Gasteiger partial charge >= 0.3 is 0 Å². The third kappa shape index (κ3) is 4.03. The lowest BCUT2D eigenvalue weighted by Crippen LogP contribution is -2.05. The van der Waals surface area contributed by atoms with E-state index in [1.54, 1.807) is 18.2 Å². The monoisotopic (exact) mass is 149 g/mol. The van der Waals surface area contributed by atoms with Gasteiger partial charge in [-0.15, -0.1) is 0 Å². The number of hydrogen-bond acceptors (Lipinski definition) is 2. The summed E-state index contributed by atoms with van der Waals surface area (Å²) in [5.41, 5.74) is 0.389. The SMILES string of the molecule is C=C/C=C\C(=N/C=C)C(C)=O. The first-order valence-corrected chi connectivity index (χ1v) is 3.21. The summed E-state index contributed by atoms with van der Waals surface area (Å²) < 4.78 is 0. The second kappa shape index (κ2) is 5.35. The van der Waals surface area contributed by atoms with Crippen LogP contribution in [-0.2, 0) is 4.79 Å². The highest BCUT2D eigenvalue weighted by Gasteiger charge is 1.97. The van der Waals surface area contributed by atoms with Gasteiger partial charge in [0.25, 0.3) is 0 Å². The topological polar surface area (TPSA) is 29.4 Å². The molecule has 0 aromatic rings. The number of nitrogens with zero attached hydrogens (tertiary/aromatic N) is 1. The first-order chi connectivity index (χ1) is 5.22. The molecule has 0 N–H and O–H groups in total. The fourth-order valence-electron chi connectivity index (χ4n) is 0.509. The van der Waals surface area contributed by atoms with Gasteiger partial charge in [-0.3, -0.25) is 9.79 Å². The van der Waals surface area contributed by atoms with E-state index in [9.17, 15) is 4.79 Å². The van der Waals surface area contributed by atoms with Crippen LogP contribution in [-0.4, -0.2) is 11.5 Å². The van der Waals surface area contributed by atoms with E-state index >= 15 is 0 Å². The van der Waals surface area contributed by atoms with Gasteiger partial charge in [0.15, 0.2) is 5.78 Å². The van der Waals surface area contributed by atoms with Gasteiger partial charge in [0.1, 0.15) is 5.71 Å². The zero-order valence-electron chi connectivity index (χ0n) is 6.58. The Hall–Kier alpha value is -1.44. The molecule has 0 aliphatic rings. The van der Waals surface area contributed by atoms with Gasteiger partial charge < -0.3 is 0 Å². The number of carbonyl (C=O) groups is 1. The minimum absolute atomic E-state index is 0.0806. The first-order valence-electron chi connectivity index (χ1n) is 3.21. The Balaban J connectivity index is 4.47. The molecule has 0 radical (unpaired) electrons. The molecule has 0 fully saturated rings. The molecule has 58 valence electrons. The largest absolute Gasteiger partial charge is 0.293 e. The van der Waals surface area contributed by atoms with Crippen molar-refractivity contribution in [2.45, 2.75) is 6.92 Å². The fourth-order valence-corrected chi connectivity index (χ4v) is 0.509. The summed E-state index contributed by atoms with van der Waals surface area (Å²) in [6.07, 6.45) is 6.17. The van der Waals surface area contributed by atoms with E-state index in [1.165, 1.54) is 13.1 Å². The summed E-state index contributed by atoms with van der Waals surface area (Å²) in [5, 5.41) is 0. The second-order valence-corrected chi connectivity index (χ2v) is 1.85. The van der Waals surface area contributed by atoms with Crippen LogP contribution in [0, 0.1) is 0 Å². The summed E-state index contributed by atoms with van der Waals surface area (Å²) >= 11 is 0. The van der Waals surface area contributed by atoms with Crippen molar-refractivity contribution in [2.75, 3.05) is 0 Å². The Morgan fingerprint density at radius 1 is 1.45 bits per heavy atom. The Bertz CT molecular complexity index is 224. The van der Waals surface area contributed by atoms with Crippen molar-refractivity contribution < 1.29 is 4.79 Å². The van der Waals surface area contributed by atoms with Gasteiger partial charge in [-0.1, -0.05) is 25.3 Å². The fraction of sp³-hybridized carbons (Fsp3) is 0.111. The predicted octanol–water partition coefficient (Wildman–Crippen LogP) is 1.90. The summed E-state index contributed by atoms with van der Waals surface area (Å²) in [6.45, 7) is 8.32. The molecule has 0 rings (SSSR count). The highest BCUT2D eigenvalue weighted by atomic mass is 16.1. The molecular weight excluding hydrogens is 138 g/mol. The Morgan fingerprint density at radius 2 is 2.09 bits per heavy atom. The number of allylic oxidation sites excluding steroid dienone is 3. The van der Waals surface area contributed by atoms with Crippen LogP contribution in [0.25, 0.3) is 0 Å². The van der Waals surface area contributed by atoms with E-state index in [-0.39, 0.29) is 5.78 Å². The average molecular weight is 149 g/mol. The second-order valence-electron chi connectivity index (χ2n) is 1.85. The average Bonchev–Trinajstić information content (AvgIpc) is 1.97. The standard InChI is InChI=1S/C9H11NO/c1-4-6-7-9(8(3)11)10-5-2/h4-7H,1-2H2,3H3/b7-6-,10-9+. The molecule has 0 aromatic heterocycles. The third-order valence-corrected chi connectivity index (χ3v) is 0.981. The predicted molar refractivity (Wildman–Crippen MR) is 47.7 cm³/mol. The Kier molecular flexibility index (Phi) is 4.65. The maximum Gasteiger partial charge on any atom is 0.178 e. The summed E-state index contributed by atoms with van der Waals surface area (Å²) in [6, 6.07) is 0. The summed E-state index contributed by atoms with van der Waals surface area (Å²) in [5.74, 6) is -0.0806. The number of rotatable bonds is 4. The van der Waals surface area contributed by atoms with E-state index < -0.39 is 0 Å². The van der Waals surface area contributed by atoms with E-state index in [0.29, 0.717) is 5.71 Å². The molecule has 0 amide bonds. The zero-order valence-corrected chi connectivity index (χ0v) is 6.58. The van der Waals surface area contributed by atoms with Crippen molar-refractivity contribution in [3.05, 3.63) is 37.6 Å². The van der Waals surface area contributed by atoms with Crippen molar-refractivity contribution in [3.8, 4) is 0 Å². The van der Waals surface area contributed by atoms with Gasteiger partial charge in [-0.25, -0.2) is 0 Å². The molecule has 0 bridgehead atoms. The van der Waals surface area contributed by atoms with Crippen LogP contribution in [0.1, 0.15) is 6.92 Å². The highest BCUT2D eigenvalue weighted by molar-refractivity contribution is 6.43. The smallest absolute Gasteiger partial charge is 0.178 e. The Labute approximate surface area is 66.6 Å². The molecule has 0 saturated carbocycles. The van der Waals surface area contributed by atoms with E-state index in [2.05, 4.69) is 18.2 Å². The van der Waals surface area contributed by atoms with E-state index in [0.717, 1.165) is 0 Å². The summed E-state index contributed by atoms with van der Waals surface area (Å²) in [7, 11) is 0. The van der Waals surface area contributed by atoms with Gasteiger partial charge in [0, 0.05) is 13.1 Å². The van der Waals surface area contributed by atoms with Gasteiger partial charge in [-0.2, -0.15) is 0 Å². The summed E-state index contributed by atoms with van der Waals surface area (Å²) in [4.78, 5) is 14.5. The maximum atomic E-state index is 10.8. The Morgan fingerprint density at radius 3 is 2.45 bits per heavy atom. The lowest BCUT2D eigenvalue weighted by atomic mass is 10.2. The van der Waals surface area contributed by atoms with Crippen molar-refractivity contribution >= 4 is 11.5 Å². The molecule has 0 spiro atoms. The number of Topliss-reactive ketones (excluding diaryl/α,β-unsaturated/α-hetero) is 1. The van der Waals surface area contributed by atoms with Crippen LogP contribution in [0.15, 0.2) is 42.6 Å². The normalized spacial score (nSPS) is 11.5. The van der Waals surface area contributed by atoms with Crippen molar-refractivity contribution in [2.24, 2.45) is 4.99 Å². The molecule has 0 aliphatic carbocycles. The van der Waals surface area contributed by atoms with Crippen LogP contribution in [0.3, 0.4) is 0 Å². The highest BCUT2D eigenvalue weighted by Crippen LogP contribution is 1.86. The van der Waals surface area contributed by atoms with E-state index in [4.69, 9.17) is 0 Å². The van der Waals surface area contributed by atoms with Crippen molar-refractivity contribution in [3.63, 3.8) is 0 Å². The minimum Gasteiger partial charge on any atom is -0.293 e. The lowest BCUT2D eigenvalue weighted by Gasteiger charge is -1.89. The van der Waals surface area contributed by atoms with Crippen molar-refractivity contribution in [1.82, 2.24) is 0 Å². The number of carbonyl (C=O) groups excluding carboxylic acids is 1. The van der Waals surface area contributed by atoms with Crippen LogP contribution in [0.2, 0.25) is 0 Å². The molecule has 2 heteroatoms. The molecule has 0 atom stereocenters. The molecule has 0 heterocycles. The molecule has 11 heavy (non-hydrogen) atoms. The van der Waals surface area contributed by atoms with Gasteiger partial charge in [-0.05, 0) is 6.08 Å². The molecule has 2 nitrogen and oxygen atoms in total. The first kappa shape index (κ1) is 9.56. The quantitative estimate of drug-likeness (QED) is 0.443. The van der Waals surface area contributed by atoms with Crippen LogP contribution in [0.4, 0.5) is 0 Å². The minimum atomic E-state index is -0.0806. The third-order valence-electron chi connectivity index (χ3n) is 0.981. The van der Waals surface area contributed by atoms with Gasteiger partial charge in [0.2, 0.25) is 0 Å². The molecule has 0 saturated heterocycles. The van der Waals surface area contributed by atoms with Crippen molar-refractivity contribution in [1.29, 1.82) is 0 Å². The molecule has 0 aromatic carbocycles. The number of aliphatic imine (C=N–C) groups is 1. The zero-order chi connectivity index (χ0) is 8.69. The van der Waals surface area contributed by atoms with E-state index in [1.807, 2.05) is 0 Å². The lowest BCUT2D eigenvalue weighted by molar-refractivity contribution is -0.111. The van der Waals surface area contributed by atoms with Crippen LogP contribution >= 0.6 is 0 Å². The number of hydrogen-bond donors (Lipinski definition) is 0. The van der Waals surface area contributed by atoms with Gasteiger partial charge in [0.05, 0.1) is 0 Å². The molecule has 0 aliphatic heterocycles. The number of ketones is 1. The molecule has 0 unspecified atom stereocenters. The van der Waals surface area contributed by atoms with Crippen LogP contribution in [0.5, 0.6) is 0 Å². The maximum absolute atomic E-state index is 10.8. The van der Waals surface area contributed by atoms with Crippen LogP contribution < -0.4 is 0 Å².